The summed E-state index contributed by atoms with van der Waals surface area (Å²) < 4.78 is 0. The van der Waals surface area contributed by atoms with E-state index < -0.39 is 5.97 Å². The Labute approximate surface area is 123 Å². The number of benzene rings is 1. The maximum Gasteiger partial charge on any atom is 0.339 e. The first kappa shape index (κ1) is 13.5. The fourth-order valence-corrected chi connectivity index (χ4v) is 2.76. The van der Waals surface area contributed by atoms with Crippen LogP contribution in [0.1, 0.15) is 34.0 Å². The molecule has 0 aliphatic carbocycles. The van der Waals surface area contributed by atoms with Crippen molar-refractivity contribution >= 4 is 11.9 Å². The van der Waals surface area contributed by atoms with Gasteiger partial charge in [0.1, 0.15) is 0 Å². The average molecular weight is 283 g/mol. The van der Waals surface area contributed by atoms with Gasteiger partial charge in [-0.3, -0.25) is 0 Å². The smallest absolute Gasteiger partial charge is 0.339 e. The van der Waals surface area contributed by atoms with E-state index in [1.54, 1.807) is 6.92 Å². The normalized spacial score (nSPS) is 18.0. The topological polar surface area (TPSA) is 66.3 Å². The van der Waals surface area contributed by atoms with Gasteiger partial charge in [0.15, 0.2) is 0 Å². The van der Waals surface area contributed by atoms with E-state index in [2.05, 4.69) is 39.1 Å². The largest absolute Gasteiger partial charge is 0.478 e. The number of aromatic nitrogens is 2. The molecule has 3 rings (SSSR count). The van der Waals surface area contributed by atoms with Crippen molar-refractivity contribution in [2.24, 2.45) is 0 Å². The summed E-state index contributed by atoms with van der Waals surface area (Å²) in [7, 11) is 0. The molecule has 2 heterocycles. The van der Waals surface area contributed by atoms with Crippen LogP contribution in [-0.2, 0) is 0 Å². The van der Waals surface area contributed by atoms with Crippen LogP contribution < -0.4 is 4.90 Å². The van der Waals surface area contributed by atoms with Crippen LogP contribution in [0.3, 0.4) is 0 Å². The van der Waals surface area contributed by atoms with Gasteiger partial charge in [0, 0.05) is 25.2 Å². The number of aromatic carboxylic acids is 1. The standard InChI is InChI=1S/C16H17N3O2/c1-11-14(15(20)21)9-17-16(18-11)19-8-7-13(10-19)12-5-3-2-4-6-12/h2-6,9,13H,7-8,10H2,1H3,(H,20,21). The highest BCUT2D eigenvalue weighted by molar-refractivity contribution is 5.88. The zero-order chi connectivity index (χ0) is 14.8. The van der Waals surface area contributed by atoms with Crippen LogP contribution in [-0.4, -0.2) is 34.1 Å². The SMILES string of the molecule is Cc1nc(N2CCC(c3ccccc3)C2)ncc1C(=O)O. The van der Waals surface area contributed by atoms with Crippen LogP contribution >= 0.6 is 0 Å². The molecule has 1 fully saturated rings. The van der Waals surface area contributed by atoms with Gasteiger partial charge in [-0.1, -0.05) is 30.3 Å². The molecule has 0 bridgehead atoms. The highest BCUT2D eigenvalue weighted by atomic mass is 16.4. The van der Waals surface area contributed by atoms with Gasteiger partial charge in [-0.25, -0.2) is 14.8 Å². The minimum atomic E-state index is -0.984. The summed E-state index contributed by atoms with van der Waals surface area (Å²) in [4.78, 5) is 21.7. The minimum absolute atomic E-state index is 0.164. The summed E-state index contributed by atoms with van der Waals surface area (Å²) in [6, 6.07) is 10.4. The fraction of sp³-hybridized carbons (Fsp3) is 0.312. The third-order valence-corrected chi connectivity index (χ3v) is 3.94. The van der Waals surface area contributed by atoms with Gasteiger partial charge in [0.2, 0.25) is 5.95 Å². The molecule has 1 unspecified atom stereocenters. The van der Waals surface area contributed by atoms with Crippen molar-refractivity contribution in [2.45, 2.75) is 19.3 Å². The number of rotatable bonds is 3. The predicted octanol–water partition coefficient (Wildman–Crippen LogP) is 2.48. The molecule has 0 amide bonds. The first-order valence-electron chi connectivity index (χ1n) is 7.02. The molecule has 2 aromatic rings. The minimum Gasteiger partial charge on any atom is -0.478 e. The van der Waals surface area contributed by atoms with Crippen LogP contribution in [0.2, 0.25) is 0 Å². The third-order valence-electron chi connectivity index (χ3n) is 3.94. The number of aryl methyl sites for hydroxylation is 1. The first-order valence-corrected chi connectivity index (χ1v) is 7.02. The monoisotopic (exact) mass is 283 g/mol. The summed E-state index contributed by atoms with van der Waals surface area (Å²) in [5.74, 6) is 0.118. The number of nitrogens with zero attached hydrogens (tertiary/aromatic N) is 3. The van der Waals surface area contributed by atoms with Gasteiger partial charge in [0.25, 0.3) is 0 Å². The zero-order valence-corrected chi connectivity index (χ0v) is 11.9. The number of anilines is 1. The molecule has 0 spiro atoms. The maximum absolute atomic E-state index is 11.0. The molecular weight excluding hydrogens is 266 g/mol. The van der Waals surface area contributed by atoms with Crippen LogP contribution in [0.25, 0.3) is 0 Å². The van der Waals surface area contributed by atoms with E-state index in [9.17, 15) is 4.79 Å². The van der Waals surface area contributed by atoms with Crippen LogP contribution in [0.15, 0.2) is 36.5 Å². The Balaban J connectivity index is 1.77. The summed E-state index contributed by atoms with van der Waals surface area (Å²) >= 11 is 0. The lowest BCUT2D eigenvalue weighted by Gasteiger charge is -2.17. The van der Waals surface area contributed by atoms with E-state index in [-0.39, 0.29) is 5.56 Å². The molecule has 1 aromatic carbocycles. The average Bonchev–Trinajstić information content (AvgIpc) is 2.97. The first-order chi connectivity index (χ1) is 10.1. The molecule has 1 aromatic heterocycles. The lowest BCUT2D eigenvalue weighted by molar-refractivity contribution is 0.0695. The summed E-state index contributed by atoms with van der Waals surface area (Å²) in [6.45, 7) is 3.47. The molecule has 5 nitrogen and oxygen atoms in total. The van der Waals surface area contributed by atoms with E-state index in [0.717, 1.165) is 19.5 Å². The third kappa shape index (κ3) is 2.72. The number of carboxylic acids is 1. The van der Waals surface area contributed by atoms with Crippen molar-refractivity contribution in [3.63, 3.8) is 0 Å². The highest BCUT2D eigenvalue weighted by Gasteiger charge is 2.26. The molecule has 1 atom stereocenters. The van der Waals surface area contributed by atoms with Crippen molar-refractivity contribution in [3.05, 3.63) is 53.3 Å². The Morgan fingerprint density at radius 1 is 1.33 bits per heavy atom. The Hall–Kier alpha value is -2.43. The molecule has 1 saturated heterocycles. The van der Waals surface area contributed by atoms with Crippen molar-refractivity contribution in [2.75, 3.05) is 18.0 Å². The number of hydrogen-bond donors (Lipinski definition) is 1. The summed E-state index contributed by atoms with van der Waals surface area (Å²) in [5, 5.41) is 9.02. The molecular formula is C16H17N3O2. The van der Waals surface area contributed by atoms with E-state index in [1.807, 2.05) is 6.07 Å². The quantitative estimate of drug-likeness (QED) is 0.937. The molecule has 1 aliphatic rings. The maximum atomic E-state index is 11.0. The second-order valence-electron chi connectivity index (χ2n) is 5.32. The van der Waals surface area contributed by atoms with Gasteiger partial charge >= 0.3 is 5.97 Å². The van der Waals surface area contributed by atoms with Crippen molar-refractivity contribution in [3.8, 4) is 0 Å². The second-order valence-corrected chi connectivity index (χ2v) is 5.32. The van der Waals surface area contributed by atoms with Crippen molar-refractivity contribution < 1.29 is 9.90 Å². The Bertz CT molecular complexity index is 658. The van der Waals surface area contributed by atoms with Gasteiger partial charge in [-0.2, -0.15) is 0 Å². The van der Waals surface area contributed by atoms with E-state index in [1.165, 1.54) is 11.8 Å². The van der Waals surface area contributed by atoms with Gasteiger partial charge in [-0.15, -0.1) is 0 Å². The fourth-order valence-electron chi connectivity index (χ4n) is 2.76. The molecule has 1 aliphatic heterocycles. The number of carbonyl (C=O) groups is 1. The van der Waals surface area contributed by atoms with Crippen molar-refractivity contribution in [1.29, 1.82) is 0 Å². The van der Waals surface area contributed by atoms with E-state index in [4.69, 9.17) is 5.11 Å². The number of hydrogen-bond acceptors (Lipinski definition) is 4. The highest BCUT2D eigenvalue weighted by Crippen LogP contribution is 2.29. The molecule has 108 valence electrons. The zero-order valence-electron chi connectivity index (χ0n) is 11.9. The predicted molar refractivity (Wildman–Crippen MR) is 79.7 cm³/mol. The van der Waals surface area contributed by atoms with Gasteiger partial charge in [-0.05, 0) is 18.9 Å². The molecule has 5 heteroatoms. The van der Waals surface area contributed by atoms with E-state index in [0.29, 0.717) is 17.6 Å². The van der Waals surface area contributed by atoms with E-state index >= 15 is 0 Å². The summed E-state index contributed by atoms with van der Waals surface area (Å²) in [5.41, 5.74) is 2.01. The number of carboxylic acid groups (broad SMARTS) is 1. The molecule has 21 heavy (non-hydrogen) atoms. The van der Waals surface area contributed by atoms with Crippen molar-refractivity contribution in [1.82, 2.24) is 9.97 Å². The Kier molecular flexibility index (Phi) is 3.56. The molecule has 0 saturated carbocycles. The van der Waals surface area contributed by atoms with Gasteiger partial charge < -0.3 is 10.0 Å². The molecule has 1 N–H and O–H groups in total. The summed E-state index contributed by atoms with van der Waals surface area (Å²) in [6.07, 6.45) is 2.46. The Morgan fingerprint density at radius 2 is 2.10 bits per heavy atom. The lowest BCUT2D eigenvalue weighted by Crippen LogP contribution is -2.22. The van der Waals surface area contributed by atoms with Crippen LogP contribution in [0.5, 0.6) is 0 Å². The van der Waals surface area contributed by atoms with Gasteiger partial charge in [0.05, 0.1) is 11.3 Å². The van der Waals surface area contributed by atoms with Crippen LogP contribution in [0, 0.1) is 6.92 Å². The Morgan fingerprint density at radius 3 is 2.76 bits per heavy atom. The molecule has 0 radical (unpaired) electrons. The van der Waals surface area contributed by atoms with Crippen LogP contribution in [0.4, 0.5) is 5.95 Å². The lowest BCUT2D eigenvalue weighted by atomic mass is 9.99. The second kappa shape index (κ2) is 5.52.